The van der Waals surface area contributed by atoms with Crippen LogP contribution in [0.4, 0.5) is 0 Å². The largest absolute Gasteiger partial charge is 0.381 e. The van der Waals surface area contributed by atoms with Crippen LogP contribution in [0.25, 0.3) is 0 Å². The smallest absolute Gasteiger partial charge is 0.127 e. The van der Waals surface area contributed by atoms with Gasteiger partial charge in [0.25, 0.3) is 0 Å². The second-order valence-corrected chi connectivity index (χ2v) is 7.86. The molecule has 0 aromatic rings. The summed E-state index contributed by atoms with van der Waals surface area (Å²) in [6.45, 7) is 11.8. The summed E-state index contributed by atoms with van der Waals surface area (Å²) in [5, 5.41) is 0. The van der Waals surface area contributed by atoms with Crippen molar-refractivity contribution in [3.8, 4) is 0 Å². The Morgan fingerprint density at radius 3 is 2.50 bits per heavy atom. The summed E-state index contributed by atoms with van der Waals surface area (Å²) in [6, 6.07) is 0. The lowest BCUT2D eigenvalue weighted by Crippen LogP contribution is -2.43. The predicted molar refractivity (Wildman–Crippen MR) is 81.8 cm³/mol. The molecule has 1 atom stereocenters. The fraction of sp³-hybridized carbons (Fsp3) is 0.941. The van der Waals surface area contributed by atoms with Gasteiger partial charge in [-0.1, -0.05) is 20.8 Å². The molecular formula is C17H31NO2. The van der Waals surface area contributed by atoms with E-state index in [1.807, 2.05) is 0 Å². The van der Waals surface area contributed by atoms with E-state index in [0.717, 1.165) is 51.6 Å². The maximum absolute atomic E-state index is 11.6. The summed E-state index contributed by atoms with van der Waals surface area (Å²) in [7, 11) is 0. The molecule has 0 amide bonds. The quantitative estimate of drug-likeness (QED) is 0.744. The summed E-state index contributed by atoms with van der Waals surface area (Å²) in [5.74, 6) is 0.814. The van der Waals surface area contributed by atoms with Crippen LogP contribution in [-0.4, -0.2) is 44.0 Å². The number of likely N-dealkylation sites (tertiary alicyclic amines) is 1. The van der Waals surface area contributed by atoms with E-state index in [1.165, 1.54) is 25.5 Å². The molecule has 0 aromatic heterocycles. The zero-order valence-corrected chi connectivity index (χ0v) is 13.5. The first-order valence-corrected chi connectivity index (χ1v) is 8.22. The Morgan fingerprint density at radius 1 is 1.20 bits per heavy atom. The molecular weight excluding hydrogens is 250 g/mol. The molecule has 0 radical (unpaired) electrons. The van der Waals surface area contributed by atoms with Gasteiger partial charge in [-0.05, 0) is 56.5 Å². The molecule has 2 aliphatic rings. The molecule has 2 saturated heterocycles. The lowest BCUT2D eigenvalue weighted by atomic mass is 9.76. The maximum Gasteiger partial charge on any atom is 0.127 e. The van der Waals surface area contributed by atoms with Gasteiger partial charge in [0.15, 0.2) is 0 Å². The summed E-state index contributed by atoms with van der Waals surface area (Å²) in [4.78, 5) is 14.1. The number of aldehydes is 1. The van der Waals surface area contributed by atoms with Gasteiger partial charge >= 0.3 is 0 Å². The summed E-state index contributed by atoms with van der Waals surface area (Å²) in [5.41, 5.74) is 0.275. The minimum atomic E-state index is -0.139. The van der Waals surface area contributed by atoms with Crippen LogP contribution >= 0.6 is 0 Å². The van der Waals surface area contributed by atoms with E-state index in [9.17, 15) is 4.79 Å². The molecule has 3 nitrogen and oxygen atoms in total. The Morgan fingerprint density at radius 2 is 1.90 bits per heavy atom. The van der Waals surface area contributed by atoms with Crippen molar-refractivity contribution in [2.75, 3.05) is 32.8 Å². The molecule has 0 aliphatic carbocycles. The first-order valence-electron chi connectivity index (χ1n) is 8.22. The Bertz CT molecular complexity index is 315. The average molecular weight is 281 g/mol. The highest BCUT2D eigenvalue weighted by Gasteiger charge is 2.35. The van der Waals surface area contributed by atoms with E-state index in [0.29, 0.717) is 5.41 Å². The molecule has 2 rings (SSSR count). The van der Waals surface area contributed by atoms with E-state index in [1.54, 1.807) is 0 Å². The van der Waals surface area contributed by atoms with Crippen molar-refractivity contribution in [3.63, 3.8) is 0 Å². The van der Waals surface area contributed by atoms with Crippen LogP contribution in [0.2, 0.25) is 0 Å². The van der Waals surface area contributed by atoms with E-state index >= 15 is 0 Å². The average Bonchev–Trinajstić information content (AvgIpc) is 2.65. The third-order valence-electron chi connectivity index (χ3n) is 5.32. The molecule has 2 fully saturated rings. The van der Waals surface area contributed by atoms with Gasteiger partial charge in [0.2, 0.25) is 0 Å². The minimum Gasteiger partial charge on any atom is -0.381 e. The second-order valence-electron chi connectivity index (χ2n) is 7.86. The van der Waals surface area contributed by atoms with Gasteiger partial charge in [-0.2, -0.15) is 0 Å². The van der Waals surface area contributed by atoms with E-state index < -0.39 is 0 Å². The van der Waals surface area contributed by atoms with Crippen LogP contribution in [0.3, 0.4) is 0 Å². The monoisotopic (exact) mass is 281 g/mol. The highest BCUT2D eigenvalue weighted by Crippen LogP contribution is 2.36. The number of nitrogens with zero attached hydrogens (tertiary/aromatic N) is 1. The van der Waals surface area contributed by atoms with Crippen molar-refractivity contribution < 1.29 is 9.53 Å². The van der Waals surface area contributed by atoms with Crippen molar-refractivity contribution >= 4 is 6.29 Å². The Balaban J connectivity index is 1.91. The van der Waals surface area contributed by atoms with Gasteiger partial charge in [0.1, 0.15) is 6.29 Å². The van der Waals surface area contributed by atoms with Crippen molar-refractivity contribution in [2.45, 2.75) is 52.9 Å². The Labute approximate surface area is 124 Å². The maximum atomic E-state index is 11.6. The first kappa shape index (κ1) is 16.0. The van der Waals surface area contributed by atoms with Crippen LogP contribution in [-0.2, 0) is 9.53 Å². The molecule has 1 unspecified atom stereocenters. The highest BCUT2D eigenvalue weighted by molar-refractivity contribution is 5.60. The summed E-state index contributed by atoms with van der Waals surface area (Å²) >= 11 is 0. The SMILES string of the molecule is CC(C)(C)C1CCCN(CC2(C=O)CCOCC2)CC1. The van der Waals surface area contributed by atoms with Gasteiger partial charge in [-0.3, -0.25) is 0 Å². The molecule has 0 aromatic carbocycles. The number of ether oxygens (including phenoxy) is 1. The number of carbonyl (C=O) groups is 1. The van der Waals surface area contributed by atoms with E-state index in [-0.39, 0.29) is 5.41 Å². The van der Waals surface area contributed by atoms with Gasteiger partial charge in [-0.15, -0.1) is 0 Å². The topological polar surface area (TPSA) is 29.5 Å². The molecule has 0 bridgehead atoms. The molecule has 0 spiro atoms. The number of hydrogen-bond acceptors (Lipinski definition) is 3. The lowest BCUT2D eigenvalue weighted by Gasteiger charge is -2.36. The van der Waals surface area contributed by atoms with Crippen LogP contribution in [0.5, 0.6) is 0 Å². The van der Waals surface area contributed by atoms with Gasteiger partial charge in [-0.25, -0.2) is 0 Å². The number of rotatable bonds is 3. The van der Waals surface area contributed by atoms with Crippen LogP contribution < -0.4 is 0 Å². The van der Waals surface area contributed by atoms with Gasteiger partial charge in [0, 0.05) is 25.2 Å². The molecule has 3 heteroatoms. The van der Waals surface area contributed by atoms with E-state index in [4.69, 9.17) is 4.74 Å². The predicted octanol–water partition coefficient (Wildman–Crippen LogP) is 3.13. The van der Waals surface area contributed by atoms with Crippen LogP contribution in [0, 0.1) is 16.7 Å². The molecule has 20 heavy (non-hydrogen) atoms. The lowest BCUT2D eigenvalue weighted by molar-refractivity contribution is -0.123. The molecule has 116 valence electrons. The van der Waals surface area contributed by atoms with Crippen molar-refractivity contribution in [3.05, 3.63) is 0 Å². The standard InChI is InChI=1S/C17H31NO2/c1-16(2,3)15-5-4-9-18(10-6-15)13-17(14-19)7-11-20-12-8-17/h14-15H,4-13H2,1-3H3. The summed E-state index contributed by atoms with van der Waals surface area (Å²) in [6.07, 6.45) is 6.88. The van der Waals surface area contributed by atoms with Crippen LogP contribution in [0.15, 0.2) is 0 Å². The Hall–Kier alpha value is -0.410. The highest BCUT2D eigenvalue weighted by atomic mass is 16.5. The van der Waals surface area contributed by atoms with Crippen molar-refractivity contribution in [2.24, 2.45) is 16.7 Å². The van der Waals surface area contributed by atoms with Crippen molar-refractivity contribution in [1.29, 1.82) is 0 Å². The second kappa shape index (κ2) is 6.57. The molecule has 0 saturated carbocycles. The molecule has 0 N–H and O–H groups in total. The molecule has 2 aliphatic heterocycles. The van der Waals surface area contributed by atoms with Gasteiger partial charge in [0.05, 0.1) is 0 Å². The minimum absolute atomic E-state index is 0.139. The zero-order chi connectivity index (χ0) is 14.6. The fourth-order valence-electron chi connectivity index (χ4n) is 3.72. The van der Waals surface area contributed by atoms with Gasteiger partial charge < -0.3 is 14.4 Å². The zero-order valence-electron chi connectivity index (χ0n) is 13.5. The fourth-order valence-corrected chi connectivity index (χ4v) is 3.72. The number of hydrogen-bond donors (Lipinski definition) is 0. The first-order chi connectivity index (χ1) is 9.45. The third-order valence-corrected chi connectivity index (χ3v) is 5.32. The molecule has 2 heterocycles. The van der Waals surface area contributed by atoms with Crippen LogP contribution in [0.1, 0.15) is 52.9 Å². The van der Waals surface area contributed by atoms with E-state index in [2.05, 4.69) is 25.7 Å². The third kappa shape index (κ3) is 4.05. The normalized spacial score (nSPS) is 28.9. The number of carbonyl (C=O) groups excluding carboxylic acids is 1. The Kier molecular flexibility index (Phi) is 5.25. The van der Waals surface area contributed by atoms with Crippen molar-refractivity contribution in [1.82, 2.24) is 4.90 Å². The summed E-state index contributed by atoms with van der Waals surface area (Å²) < 4.78 is 5.42.